The van der Waals surface area contributed by atoms with Crippen LogP contribution in [0.3, 0.4) is 0 Å². The highest BCUT2D eigenvalue weighted by Gasteiger charge is 2.10. The van der Waals surface area contributed by atoms with Gasteiger partial charge in [0, 0.05) is 5.56 Å². The normalized spacial score (nSPS) is 10.4. The van der Waals surface area contributed by atoms with Gasteiger partial charge in [-0.3, -0.25) is 0 Å². The molecular weight excluding hydrogens is 372 g/mol. The van der Waals surface area contributed by atoms with E-state index < -0.39 is 5.97 Å². The highest BCUT2D eigenvalue weighted by molar-refractivity contribution is 7.21. The monoisotopic (exact) mass is 386 g/mol. The first-order valence-electron chi connectivity index (χ1n) is 8.51. The van der Waals surface area contributed by atoms with Gasteiger partial charge in [0.1, 0.15) is 22.6 Å². The average molecular weight is 386 g/mol. The molecule has 0 fully saturated rings. The molecule has 136 valence electrons. The molecule has 0 N–H and O–H groups in total. The summed E-state index contributed by atoms with van der Waals surface area (Å²) >= 11 is 1.61. The molecule has 28 heavy (non-hydrogen) atoms. The molecule has 1 heterocycles. The first-order chi connectivity index (χ1) is 13.7. The second kappa shape index (κ2) is 7.91. The molecule has 0 aliphatic heterocycles. The minimum absolute atomic E-state index is 0.279. The van der Waals surface area contributed by atoms with Crippen LogP contribution < -0.4 is 9.47 Å². The molecule has 0 aliphatic carbocycles. The van der Waals surface area contributed by atoms with Crippen molar-refractivity contribution in [2.45, 2.75) is 0 Å². The van der Waals surface area contributed by atoms with E-state index in [1.165, 1.54) is 0 Å². The largest absolute Gasteiger partial charge is 0.481 e. The third-order valence-electron chi connectivity index (χ3n) is 3.98. The lowest BCUT2D eigenvalue weighted by atomic mass is 10.2. The predicted octanol–water partition coefficient (Wildman–Crippen LogP) is 4.82. The maximum absolute atomic E-state index is 12.0. The zero-order valence-corrected chi connectivity index (χ0v) is 15.5. The van der Waals surface area contributed by atoms with Gasteiger partial charge < -0.3 is 9.47 Å². The summed E-state index contributed by atoms with van der Waals surface area (Å²) < 4.78 is 11.8. The molecule has 3 aromatic carbocycles. The highest BCUT2D eigenvalue weighted by atomic mass is 32.1. The van der Waals surface area contributed by atoms with Gasteiger partial charge in [0.05, 0.1) is 15.8 Å². The summed E-state index contributed by atoms with van der Waals surface area (Å²) in [6.07, 6.45) is 0. The minimum atomic E-state index is -0.541. The van der Waals surface area contributed by atoms with Gasteiger partial charge in [-0.15, -0.1) is 11.3 Å². The zero-order chi connectivity index (χ0) is 19.3. The Morgan fingerprint density at radius 2 is 1.75 bits per heavy atom. The SMILES string of the molecule is N#Cc1ccccc1OCC(=O)Oc1ccc(-c2nc3ccccc3s2)cc1. The van der Waals surface area contributed by atoms with Crippen LogP contribution in [0.25, 0.3) is 20.8 Å². The Bertz CT molecular complexity index is 1140. The number of esters is 1. The third kappa shape index (κ3) is 3.85. The summed E-state index contributed by atoms with van der Waals surface area (Å²) in [7, 11) is 0. The van der Waals surface area contributed by atoms with Gasteiger partial charge in [0.2, 0.25) is 0 Å². The van der Waals surface area contributed by atoms with E-state index in [0.717, 1.165) is 20.8 Å². The fraction of sp³-hybridized carbons (Fsp3) is 0.0455. The van der Waals surface area contributed by atoms with Crippen molar-refractivity contribution in [3.05, 3.63) is 78.4 Å². The molecule has 5 nitrogen and oxygen atoms in total. The van der Waals surface area contributed by atoms with Crippen LogP contribution in [0, 0.1) is 11.3 Å². The van der Waals surface area contributed by atoms with Gasteiger partial charge in [-0.1, -0.05) is 24.3 Å². The topological polar surface area (TPSA) is 72.2 Å². The molecule has 4 rings (SSSR count). The van der Waals surface area contributed by atoms with Crippen molar-refractivity contribution in [1.82, 2.24) is 4.98 Å². The minimum Gasteiger partial charge on any atom is -0.481 e. The molecule has 0 bridgehead atoms. The number of hydrogen-bond acceptors (Lipinski definition) is 6. The number of nitrogens with zero attached hydrogens (tertiary/aromatic N) is 2. The van der Waals surface area contributed by atoms with E-state index in [1.807, 2.05) is 42.5 Å². The predicted molar refractivity (Wildman–Crippen MR) is 107 cm³/mol. The molecule has 0 unspecified atom stereocenters. The van der Waals surface area contributed by atoms with E-state index in [2.05, 4.69) is 4.98 Å². The van der Waals surface area contributed by atoms with Crippen molar-refractivity contribution in [3.8, 4) is 28.1 Å². The summed E-state index contributed by atoms with van der Waals surface area (Å²) in [5.41, 5.74) is 2.29. The molecule has 4 aromatic rings. The lowest BCUT2D eigenvalue weighted by Gasteiger charge is -2.08. The molecule has 0 atom stereocenters. The van der Waals surface area contributed by atoms with Crippen LogP contribution in [0.5, 0.6) is 11.5 Å². The highest BCUT2D eigenvalue weighted by Crippen LogP contribution is 2.30. The van der Waals surface area contributed by atoms with Crippen LogP contribution in [0.2, 0.25) is 0 Å². The first kappa shape index (κ1) is 17.7. The number of ether oxygens (including phenoxy) is 2. The fourth-order valence-electron chi connectivity index (χ4n) is 2.64. The number of carbonyl (C=O) groups excluding carboxylic acids is 1. The number of benzene rings is 3. The second-order valence-corrected chi connectivity index (χ2v) is 6.91. The van der Waals surface area contributed by atoms with Crippen LogP contribution in [-0.2, 0) is 4.79 Å². The lowest BCUT2D eigenvalue weighted by Crippen LogP contribution is -2.18. The molecule has 0 amide bonds. The molecule has 0 saturated carbocycles. The third-order valence-corrected chi connectivity index (χ3v) is 5.07. The summed E-state index contributed by atoms with van der Waals surface area (Å²) in [6.45, 7) is -0.279. The van der Waals surface area contributed by atoms with E-state index in [0.29, 0.717) is 17.1 Å². The van der Waals surface area contributed by atoms with Crippen molar-refractivity contribution < 1.29 is 14.3 Å². The van der Waals surface area contributed by atoms with E-state index in [9.17, 15) is 4.79 Å². The summed E-state index contributed by atoms with van der Waals surface area (Å²) in [5, 5.41) is 9.95. The molecular formula is C22H14N2O3S. The van der Waals surface area contributed by atoms with E-state index >= 15 is 0 Å². The Hall–Kier alpha value is -3.69. The van der Waals surface area contributed by atoms with Gasteiger partial charge in [0.15, 0.2) is 6.61 Å². The Labute approximate surface area is 165 Å². The van der Waals surface area contributed by atoms with Gasteiger partial charge in [-0.2, -0.15) is 5.26 Å². The van der Waals surface area contributed by atoms with Crippen molar-refractivity contribution in [2.75, 3.05) is 6.61 Å². The molecule has 6 heteroatoms. The molecule has 0 radical (unpaired) electrons. The second-order valence-electron chi connectivity index (χ2n) is 5.88. The molecule has 0 aliphatic rings. The maximum Gasteiger partial charge on any atom is 0.349 e. The van der Waals surface area contributed by atoms with Gasteiger partial charge in [-0.25, -0.2) is 9.78 Å². The van der Waals surface area contributed by atoms with Gasteiger partial charge in [0.25, 0.3) is 0 Å². The van der Waals surface area contributed by atoms with Crippen molar-refractivity contribution in [2.24, 2.45) is 0 Å². The summed E-state index contributed by atoms with van der Waals surface area (Å²) in [6, 6.07) is 23.9. The van der Waals surface area contributed by atoms with Gasteiger partial charge in [-0.05, 0) is 48.5 Å². The number of para-hydroxylation sites is 2. The number of nitriles is 1. The number of hydrogen-bond donors (Lipinski definition) is 0. The molecule has 1 aromatic heterocycles. The Balaban J connectivity index is 1.40. The fourth-order valence-corrected chi connectivity index (χ4v) is 3.61. The number of rotatable bonds is 5. The van der Waals surface area contributed by atoms with E-state index in [-0.39, 0.29) is 6.61 Å². The Kier molecular flexibility index (Phi) is 5.00. The van der Waals surface area contributed by atoms with Crippen LogP contribution in [0.1, 0.15) is 5.56 Å². The zero-order valence-electron chi connectivity index (χ0n) is 14.7. The number of thiazole rings is 1. The van der Waals surface area contributed by atoms with Gasteiger partial charge >= 0.3 is 5.97 Å². The number of aromatic nitrogens is 1. The van der Waals surface area contributed by atoms with Crippen molar-refractivity contribution >= 4 is 27.5 Å². The summed E-state index contributed by atoms with van der Waals surface area (Å²) in [5.74, 6) is 0.237. The lowest BCUT2D eigenvalue weighted by molar-refractivity contribution is -0.136. The molecule has 0 saturated heterocycles. The number of carbonyl (C=O) groups is 1. The standard InChI is InChI=1S/C22H14N2O3S/c23-13-16-5-1-3-7-19(16)26-14-21(25)27-17-11-9-15(10-12-17)22-24-18-6-2-4-8-20(18)28-22/h1-12H,14H2. The van der Waals surface area contributed by atoms with E-state index in [1.54, 1.807) is 47.7 Å². The Morgan fingerprint density at radius 1 is 1.00 bits per heavy atom. The molecule has 0 spiro atoms. The van der Waals surface area contributed by atoms with E-state index in [4.69, 9.17) is 14.7 Å². The first-order valence-corrected chi connectivity index (χ1v) is 9.33. The average Bonchev–Trinajstić information content (AvgIpc) is 3.17. The Morgan fingerprint density at radius 3 is 2.54 bits per heavy atom. The smallest absolute Gasteiger partial charge is 0.349 e. The quantitative estimate of drug-likeness (QED) is 0.363. The van der Waals surface area contributed by atoms with Crippen LogP contribution in [0.4, 0.5) is 0 Å². The van der Waals surface area contributed by atoms with Crippen LogP contribution >= 0.6 is 11.3 Å². The van der Waals surface area contributed by atoms with Crippen LogP contribution in [0.15, 0.2) is 72.8 Å². The number of fused-ring (bicyclic) bond motifs is 1. The van der Waals surface area contributed by atoms with Crippen molar-refractivity contribution in [1.29, 1.82) is 5.26 Å². The maximum atomic E-state index is 12.0. The van der Waals surface area contributed by atoms with Crippen molar-refractivity contribution in [3.63, 3.8) is 0 Å². The van der Waals surface area contributed by atoms with Crippen LogP contribution in [-0.4, -0.2) is 17.6 Å². The summed E-state index contributed by atoms with van der Waals surface area (Å²) in [4.78, 5) is 16.6.